The van der Waals surface area contributed by atoms with Gasteiger partial charge in [0.25, 0.3) is 5.91 Å². The first-order chi connectivity index (χ1) is 16.3. The zero-order chi connectivity index (χ0) is 24.5. The van der Waals surface area contributed by atoms with Crippen molar-refractivity contribution in [1.29, 1.82) is 0 Å². The minimum atomic E-state index is -0.883. The van der Waals surface area contributed by atoms with Crippen LogP contribution in [0.2, 0.25) is 0 Å². The number of rotatable bonds is 7. The lowest BCUT2D eigenvalue weighted by Gasteiger charge is -2.10. The summed E-state index contributed by atoms with van der Waals surface area (Å²) in [7, 11) is 0. The number of aryl methyl sites for hydroxylation is 3. The molecule has 34 heavy (non-hydrogen) atoms. The largest absolute Gasteiger partial charge is 0.484 e. The fourth-order valence-corrected chi connectivity index (χ4v) is 2.98. The molecule has 3 aromatic carbocycles. The molecule has 3 aromatic rings. The molecule has 0 aliphatic rings. The van der Waals surface area contributed by atoms with E-state index in [1.54, 1.807) is 36.4 Å². The second kappa shape index (κ2) is 11.4. The second-order valence-electron chi connectivity index (χ2n) is 7.74. The maximum atomic E-state index is 12.2. The van der Waals surface area contributed by atoms with Gasteiger partial charge in [0.1, 0.15) is 5.75 Å². The molecule has 0 fully saturated rings. The quantitative estimate of drug-likeness (QED) is 0.285. The Hall–Kier alpha value is -4.46. The van der Waals surface area contributed by atoms with Crippen LogP contribution in [-0.4, -0.2) is 30.5 Å². The number of carbonyl (C=O) groups is 3. The highest BCUT2D eigenvalue weighted by molar-refractivity contribution is 6.39. The van der Waals surface area contributed by atoms with E-state index in [2.05, 4.69) is 21.2 Å². The van der Waals surface area contributed by atoms with Crippen molar-refractivity contribution in [3.63, 3.8) is 0 Å². The van der Waals surface area contributed by atoms with Crippen molar-refractivity contribution >= 4 is 35.3 Å². The summed E-state index contributed by atoms with van der Waals surface area (Å²) in [6, 6.07) is 19.6. The molecule has 0 aliphatic heterocycles. The molecule has 0 spiro atoms. The van der Waals surface area contributed by atoms with Gasteiger partial charge in [-0.1, -0.05) is 35.4 Å². The van der Waals surface area contributed by atoms with Gasteiger partial charge in [0.2, 0.25) is 0 Å². The van der Waals surface area contributed by atoms with Crippen LogP contribution >= 0.6 is 0 Å². The minimum Gasteiger partial charge on any atom is -0.484 e. The number of ether oxygens (including phenoxy) is 1. The van der Waals surface area contributed by atoms with Crippen molar-refractivity contribution in [2.24, 2.45) is 5.10 Å². The van der Waals surface area contributed by atoms with Gasteiger partial charge in [0.15, 0.2) is 6.61 Å². The van der Waals surface area contributed by atoms with Gasteiger partial charge in [-0.25, -0.2) is 5.43 Å². The van der Waals surface area contributed by atoms with Crippen LogP contribution in [0.3, 0.4) is 0 Å². The number of nitrogens with zero attached hydrogens (tertiary/aromatic N) is 1. The highest BCUT2D eigenvalue weighted by atomic mass is 16.5. The van der Waals surface area contributed by atoms with Gasteiger partial charge in [-0.3, -0.25) is 14.4 Å². The Bertz CT molecular complexity index is 1200. The molecule has 0 saturated carbocycles. The Morgan fingerprint density at radius 3 is 2.18 bits per heavy atom. The van der Waals surface area contributed by atoms with Crippen LogP contribution in [0.4, 0.5) is 11.4 Å². The molecule has 0 saturated heterocycles. The van der Waals surface area contributed by atoms with Gasteiger partial charge >= 0.3 is 11.8 Å². The average molecular weight is 459 g/mol. The second-order valence-corrected chi connectivity index (χ2v) is 7.74. The van der Waals surface area contributed by atoms with Crippen LogP contribution in [0.1, 0.15) is 22.3 Å². The van der Waals surface area contributed by atoms with Gasteiger partial charge in [0.05, 0.1) is 6.21 Å². The number of anilines is 2. The Morgan fingerprint density at radius 1 is 0.824 bits per heavy atom. The van der Waals surface area contributed by atoms with E-state index in [-0.39, 0.29) is 12.5 Å². The summed E-state index contributed by atoms with van der Waals surface area (Å²) in [4.78, 5) is 35.9. The first-order valence-electron chi connectivity index (χ1n) is 10.6. The summed E-state index contributed by atoms with van der Waals surface area (Å²) in [6.45, 7) is 5.72. The van der Waals surface area contributed by atoms with Gasteiger partial charge < -0.3 is 15.4 Å². The maximum absolute atomic E-state index is 12.2. The summed E-state index contributed by atoms with van der Waals surface area (Å²) < 4.78 is 5.52. The van der Waals surface area contributed by atoms with Crippen molar-refractivity contribution < 1.29 is 19.1 Å². The zero-order valence-electron chi connectivity index (χ0n) is 19.2. The third-order valence-corrected chi connectivity index (χ3v) is 4.80. The molecular weight excluding hydrogens is 432 g/mol. The van der Waals surface area contributed by atoms with E-state index < -0.39 is 11.8 Å². The van der Waals surface area contributed by atoms with Crippen molar-refractivity contribution in [2.75, 3.05) is 17.2 Å². The standard InChI is InChI=1S/C26H26N4O4/c1-17-4-9-21(10-5-17)28-25(32)26(33)30-27-15-20-7-11-22(12-8-20)34-16-24(31)29-23-13-6-18(2)14-19(23)3/h4-15H,16H2,1-3H3,(H,28,32)(H,29,31)(H,30,33)/b27-15-. The molecule has 0 radical (unpaired) electrons. The molecule has 3 amide bonds. The fourth-order valence-electron chi connectivity index (χ4n) is 2.98. The van der Waals surface area contributed by atoms with Crippen LogP contribution < -0.4 is 20.8 Å². The van der Waals surface area contributed by atoms with Crippen molar-refractivity contribution in [1.82, 2.24) is 5.43 Å². The Morgan fingerprint density at radius 2 is 1.50 bits per heavy atom. The van der Waals surface area contributed by atoms with Gasteiger partial charge in [0, 0.05) is 11.4 Å². The van der Waals surface area contributed by atoms with Crippen molar-refractivity contribution in [3.8, 4) is 5.75 Å². The van der Waals surface area contributed by atoms with Crippen LogP contribution in [0.25, 0.3) is 0 Å². The first-order valence-corrected chi connectivity index (χ1v) is 10.6. The van der Waals surface area contributed by atoms with E-state index in [4.69, 9.17) is 4.74 Å². The van der Waals surface area contributed by atoms with E-state index in [0.717, 1.165) is 22.4 Å². The predicted octanol–water partition coefficient (Wildman–Crippen LogP) is 3.72. The molecule has 3 rings (SSSR count). The number of hydrogen-bond acceptors (Lipinski definition) is 5. The summed E-state index contributed by atoms with van der Waals surface area (Å²) in [6.07, 6.45) is 1.40. The Kier molecular flexibility index (Phi) is 8.12. The lowest BCUT2D eigenvalue weighted by Crippen LogP contribution is -2.32. The minimum absolute atomic E-state index is 0.132. The number of carbonyl (C=O) groups excluding carboxylic acids is 3. The summed E-state index contributed by atoms with van der Waals surface area (Å²) in [5.74, 6) is -1.45. The SMILES string of the molecule is Cc1ccc(NC(=O)C(=O)N/N=C\c2ccc(OCC(=O)Nc3ccc(C)cc3C)cc2)cc1. The van der Waals surface area contributed by atoms with E-state index >= 15 is 0 Å². The number of benzene rings is 3. The lowest BCUT2D eigenvalue weighted by atomic mass is 10.1. The molecule has 0 bridgehead atoms. The Labute approximate surface area is 198 Å². The zero-order valence-corrected chi connectivity index (χ0v) is 19.2. The number of nitrogens with one attached hydrogen (secondary N) is 3. The van der Waals surface area contributed by atoms with Gasteiger partial charge in [-0.15, -0.1) is 0 Å². The summed E-state index contributed by atoms with van der Waals surface area (Å²) in [5, 5.41) is 9.11. The van der Waals surface area contributed by atoms with E-state index in [1.807, 2.05) is 51.1 Å². The fraction of sp³-hybridized carbons (Fsp3) is 0.154. The average Bonchev–Trinajstić information content (AvgIpc) is 2.81. The monoisotopic (exact) mass is 458 g/mol. The molecule has 0 aromatic heterocycles. The maximum Gasteiger partial charge on any atom is 0.329 e. The molecule has 0 aliphatic carbocycles. The summed E-state index contributed by atoms with van der Waals surface area (Å²) >= 11 is 0. The van der Waals surface area contributed by atoms with Crippen LogP contribution in [0.5, 0.6) is 5.75 Å². The smallest absolute Gasteiger partial charge is 0.329 e. The predicted molar refractivity (Wildman–Crippen MR) is 132 cm³/mol. The number of hydrogen-bond donors (Lipinski definition) is 3. The van der Waals surface area contributed by atoms with Crippen molar-refractivity contribution in [3.05, 3.63) is 89.0 Å². The third kappa shape index (κ3) is 7.30. The molecule has 0 atom stereocenters. The number of amides is 3. The Balaban J connectivity index is 1.43. The topological polar surface area (TPSA) is 109 Å². The van der Waals surface area contributed by atoms with Crippen molar-refractivity contribution in [2.45, 2.75) is 20.8 Å². The van der Waals surface area contributed by atoms with E-state index in [9.17, 15) is 14.4 Å². The van der Waals surface area contributed by atoms with Gasteiger partial charge in [-0.2, -0.15) is 5.10 Å². The molecule has 8 heteroatoms. The molecule has 0 unspecified atom stereocenters. The normalized spacial score (nSPS) is 10.6. The molecule has 3 N–H and O–H groups in total. The van der Waals surface area contributed by atoms with Crippen LogP contribution in [0, 0.1) is 20.8 Å². The highest BCUT2D eigenvalue weighted by Gasteiger charge is 2.12. The molecular formula is C26H26N4O4. The number of hydrazone groups is 1. The van der Waals surface area contributed by atoms with E-state index in [1.165, 1.54) is 6.21 Å². The molecule has 8 nitrogen and oxygen atoms in total. The molecule has 0 heterocycles. The van der Waals surface area contributed by atoms with Crippen LogP contribution in [-0.2, 0) is 14.4 Å². The molecule has 174 valence electrons. The van der Waals surface area contributed by atoms with Crippen LogP contribution in [0.15, 0.2) is 71.8 Å². The summed E-state index contributed by atoms with van der Waals surface area (Å²) in [5.41, 5.74) is 7.28. The first kappa shape index (κ1) is 24.2. The highest BCUT2D eigenvalue weighted by Crippen LogP contribution is 2.16. The third-order valence-electron chi connectivity index (χ3n) is 4.80. The lowest BCUT2D eigenvalue weighted by molar-refractivity contribution is -0.136. The van der Waals surface area contributed by atoms with E-state index in [0.29, 0.717) is 17.0 Å². The van der Waals surface area contributed by atoms with Gasteiger partial charge in [-0.05, 0) is 74.4 Å².